The van der Waals surface area contributed by atoms with Gasteiger partial charge in [0.05, 0.1) is 26.3 Å². The van der Waals surface area contributed by atoms with Gasteiger partial charge in [-0.3, -0.25) is 14.5 Å². The number of furan rings is 1. The minimum Gasteiger partial charge on any atom is -0.497 e. The number of thiocarbonyl (C=S) groups is 1. The Morgan fingerprint density at radius 2 is 2.00 bits per heavy atom. The predicted molar refractivity (Wildman–Crippen MR) is 109 cm³/mol. The number of methoxy groups -OCH3 is 1. The smallest absolute Gasteiger partial charge is 0.252 e. The van der Waals surface area contributed by atoms with Crippen LogP contribution in [-0.2, 0) is 16.1 Å². The molecule has 0 spiro atoms. The summed E-state index contributed by atoms with van der Waals surface area (Å²) in [7, 11) is 1.58. The third-order valence-electron chi connectivity index (χ3n) is 4.54. The Kier molecular flexibility index (Phi) is 5.99. The molecule has 3 rings (SSSR count). The topological polar surface area (TPSA) is 75.0 Å². The Morgan fingerprint density at radius 1 is 1.29 bits per heavy atom. The van der Waals surface area contributed by atoms with Crippen molar-refractivity contribution in [3.8, 4) is 5.75 Å². The molecule has 1 saturated heterocycles. The number of hydrogen-bond acceptors (Lipinski definition) is 5. The van der Waals surface area contributed by atoms with E-state index in [0.717, 1.165) is 0 Å². The van der Waals surface area contributed by atoms with Crippen molar-refractivity contribution in [2.75, 3.05) is 12.4 Å². The van der Waals surface area contributed by atoms with E-state index in [1.165, 1.54) is 4.90 Å². The van der Waals surface area contributed by atoms with Gasteiger partial charge in [-0.25, -0.2) is 0 Å². The Bertz CT molecular complexity index is 849. The molecule has 2 heterocycles. The van der Waals surface area contributed by atoms with E-state index in [4.69, 9.17) is 21.4 Å². The molecule has 1 aliphatic rings. The normalized spacial score (nSPS) is 16.8. The van der Waals surface area contributed by atoms with Crippen LogP contribution in [0.25, 0.3) is 0 Å². The van der Waals surface area contributed by atoms with E-state index >= 15 is 0 Å². The van der Waals surface area contributed by atoms with Crippen molar-refractivity contribution in [2.24, 2.45) is 0 Å². The van der Waals surface area contributed by atoms with Crippen LogP contribution in [0, 0.1) is 0 Å². The molecule has 1 aromatic heterocycles. The van der Waals surface area contributed by atoms with Crippen molar-refractivity contribution in [2.45, 2.75) is 38.9 Å². The molecule has 2 aromatic rings. The SMILES string of the molecule is COc1ccc(NC(=O)C[C@H]2C(=O)N(Cc3ccco3)C(=S)N2C(C)C)cc1. The predicted octanol–water partition coefficient (Wildman–Crippen LogP) is 3.02. The number of carbonyl (C=O) groups is 2. The van der Waals surface area contributed by atoms with Gasteiger partial charge < -0.3 is 19.4 Å². The second kappa shape index (κ2) is 8.43. The lowest BCUT2D eigenvalue weighted by atomic mass is 10.1. The zero-order valence-electron chi connectivity index (χ0n) is 16.0. The molecule has 1 aliphatic heterocycles. The fourth-order valence-corrected chi connectivity index (χ4v) is 3.69. The fourth-order valence-electron chi connectivity index (χ4n) is 3.20. The van der Waals surface area contributed by atoms with Crippen molar-refractivity contribution in [1.29, 1.82) is 0 Å². The number of benzene rings is 1. The van der Waals surface area contributed by atoms with Gasteiger partial charge in [-0.05, 0) is 62.5 Å². The molecule has 0 unspecified atom stereocenters. The Hall–Kier alpha value is -2.87. The molecule has 1 N–H and O–H groups in total. The Labute approximate surface area is 169 Å². The largest absolute Gasteiger partial charge is 0.497 e. The van der Waals surface area contributed by atoms with E-state index in [1.54, 1.807) is 49.8 Å². The van der Waals surface area contributed by atoms with E-state index in [-0.39, 0.29) is 30.8 Å². The van der Waals surface area contributed by atoms with Gasteiger partial charge in [0.1, 0.15) is 17.6 Å². The van der Waals surface area contributed by atoms with Gasteiger partial charge in [0, 0.05) is 11.7 Å². The first kappa shape index (κ1) is 19.9. The number of ether oxygens (including phenoxy) is 1. The van der Waals surface area contributed by atoms with Crippen LogP contribution >= 0.6 is 12.2 Å². The average molecular weight is 401 g/mol. The van der Waals surface area contributed by atoms with Crippen LogP contribution in [0.3, 0.4) is 0 Å². The van der Waals surface area contributed by atoms with Crippen molar-refractivity contribution >= 4 is 34.8 Å². The number of hydrogen-bond donors (Lipinski definition) is 1. The first-order valence-corrected chi connectivity index (χ1v) is 9.41. The Balaban J connectivity index is 1.71. The lowest BCUT2D eigenvalue weighted by Crippen LogP contribution is -2.42. The highest BCUT2D eigenvalue weighted by Gasteiger charge is 2.44. The second-order valence-electron chi connectivity index (χ2n) is 6.78. The van der Waals surface area contributed by atoms with Gasteiger partial charge >= 0.3 is 0 Å². The van der Waals surface area contributed by atoms with Crippen LogP contribution in [0.15, 0.2) is 47.1 Å². The molecule has 0 bridgehead atoms. The molecule has 1 aromatic carbocycles. The lowest BCUT2D eigenvalue weighted by Gasteiger charge is -2.27. The van der Waals surface area contributed by atoms with Gasteiger partial charge in [-0.1, -0.05) is 0 Å². The lowest BCUT2D eigenvalue weighted by molar-refractivity contribution is -0.131. The summed E-state index contributed by atoms with van der Waals surface area (Å²) in [5, 5.41) is 3.24. The third kappa shape index (κ3) is 4.17. The van der Waals surface area contributed by atoms with Crippen LogP contribution in [0.2, 0.25) is 0 Å². The number of anilines is 1. The first-order valence-electron chi connectivity index (χ1n) is 9.00. The molecule has 28 heavy (non-hydrogen) atoms. The highest BCUT2D eigenvalue weighted by Crippen LogP contribution is 2.26. The highest BCUT2D eigenvalue weighted by atomic mass is 32.1. The number of nitrogens with zero attached hydrogens (tertiary/aromatic N) is 2. The third-order valence-corrected chi connectivity index (χ3v) is 4.97. The summed E-state index contributed by atoms with van der Waals surface area (Å²) in [6, 6.07) is 9.92. The van der Waals surface area contributed by atoms with Crippen LogP contribution < -0.4 is 10.1 Å². The molecule has 1 fully saturated rings. The van der Waals surface area contributed by atoms with Crippen molar-refractivity contribution in [1.82, 2.24) is 9.80 Å². The van der Waals surface area contributed by atoms with E-state index in [2.05, 4.69) is 5.32 Å². The average Bonchev–Trinajstić information content (AvgIpc) is 3.25. The monoisotopic (exact) mass is 401 g/mol. The summed E-state index contributed by atoms with van der Waals surface area (Å²) < 4.78 is 10.5. The first-order chi connectivity index (χ1) is 13.4. The molecular formula is C20H23N3O4S. The van der Waals surface area contributed by atoms with Crippen LogP contribution in [0.4, 0.5) is 5.69 Å². The van der Waals surface area contributed by atoms with E-state index in [0.29, 0.717) is 22.3 Å². The summed E-state index contributed by atoms with van der Waals surface area (Å²) in [4.78, 5) is 28.9. The van der Waals surface area contributed by atoms with Crippen LogP contribution in [-0.4, -0.2) is 45.9 Å². The molecule has 0 aliphatic carbocycles. The second-order valence-corrected chi connectivity index (χ2v) is 7.15. The zero-order valence-corrected chi connectivity index (χ0v) is 16.9. The molecule has 1 atom stereocenters. The summed E-state index contributed by atoms with van der Waals surface area (Å²) >= 11 is 5.52. The number of carbonyl (C=O) groups excluding carboxylic acids is 2. The molecular weight excluding hydrogens is 378 g/mol. The molecule has 148 valence electrons. The molecule has 8 heteroatoms. The molecule has 2 amide bonds. The number of nitrogens with one attached hydrogen (secondary N) is 1. The van der Waals surface area contributed by atoms with E-state index in [9.17, 15) is 9.59 Å². The minimum absolute atomic E-state index is 0.0117. The summed E-state index contributed by atoms with van der Waals surface area (Å²) in [5.74, 6) is 0.897. The number of rotatable bonds is 7. The number of amides is 2. The highest BCUT2D eigenvalue weighted by molar-refractivity contribution is 7.80. The van der Waals surface area contributed by atoms with Gasteiger partial charge in [-0.2, -0.15) is 0 Å². The summed E-state index contributed by atoms with van der Waals surface area (Å²) in [6.07, 6.45) is 1.57. The van der Waals surface area contributed by atoms with E-state index in [1.807, 2.05) is 18.7 Å². The van der Waals surface area contributed by atoms with Gasteiger partial charge in [0.15, 0.2) is 5.11 Å². The quantitative estimate of drug-likeness (QED) is 0.719. The zero-order chi connectivity index (χ0) is 20.3. The minimum atomic E-state index is -0.638. The van der Waals surface area contributed by atoms with Crippen LogP contribution in [0.5, 0.6) is 5.75 Å². The fraction of sp³-hybridized carbons (Fsp3) is 0.350. The van der Waals surface area contributed by atoms with Gasteiger partial charge in [0.2, 0.25) is 5.91 Å². The van der Waals surface area contributed by atoms with E-state index < -0.39 is 6.04 Å². The standard InChI is InChI=1S/C20H23N3O4S/c1-13(2)23-17(11-18(24)21-14-6-8-15(26-3)9-7-14)19(25)22(20(23)28)12-16-5-4-10-27-16/h4-10,13,17H,11-12H2,1-3H3,(H,21,24)/t17-/m0/s1. The van der Waals surface area contributed by atoms with Crippen molar-refractivity contribution in [3.63, 3.8) is 0 Å². The van der Waals surface area contributed by atoms with Crippen molar-refractivity contribution in [3.05, 3.63) is 48.4 Å². The maximum Gasteiger partial charge on any atom is 0.252 e. The summed E-state index contributed by atoms with van der Waals surface area (Å²) in [5.41, 5.74) is 0.641. The summed E-state index contributed by atoms with van der Waals surface area (Å²) in [6.45, 7) is 4.15. The van der Waals surface area contributed by atoms with Crippen LogP contribution in [0.1, 0.15) is 26.0 Å². The molecule has 0 radical (unpaired) electrons. The van der Waals surface area contributed by atoms with Crippen molar-refractivity contribution < 1.29 is 18.7 Å². The Morgan fingerprint density at radius 3 is 2.57 bits per heavy atom. The molecule has 0 saturated carbocycles. The maximum absolute atomic E-state index is 13.0. The molecule has 7 nitrogen and oxygen atoms in total. The van der Waals surface area contributed by atoms with Gasteiger partial charge in [-0.15, -0.1) is 0 Å². The maximum atomic E-state index is 13.0. The van der Waals surface area contributed by atoms with Gasteiger partial charge in [0.25, 0.3) is 5.91 Å².